The monoisotopic (exact) mass is 474 g/mol. The normalized spacial score (nSPS) is 17.0. The topological polar surface area (TPSA) is 94.6 Å². The zero-order valence-electron chi connectivity index (χ0n) is 17.4. The van der Waals surface area contributed by atoms with Gasteiger partial charge in [0.2, 0.25) is 15.9 Å². The number of fused-ring (bicyclic) bond motifs is 1. The molecule has 0 N–H and O–H groups in total. The summed E-state index contributed by atoms with van der Waals surface area (Å²) in [5.41, 5.74) is -0.689. The van der Waals surface area contributed by atoms with Crippen LogP contribution in [0.3, 0.4) is 0 Å². The summed E-state index contributed by atoms with van der Waals surface area (Å²) in [6.07, 6.45) is -0.728. The molecule has 1 aliphatic rings. The number of halogens is 3. The third-order valence-corrected chi connectivity index (χ3v) is 7.27. The molecule has 1 aliphatic heterocycles. The van der Waals surface area contributed by atoms with Crippen molar-refractivity contribution >= 4 is 39.2 Å². The van der Waals surface area contributed by atoms with Crippen LogP contribution in [0.2, 0.25) is 0 Å². The van der Waals surface area contributed by atoms with Gasteiger partial charge in [0.25, 0.3) is 0 Å². The van der Waals surface area contributed by atoms with E-state index in [2.05, 4.69) is 15.2 Å². The summed E-state index contributed by atoms with van der Waals surface area (Å²) < 4.78 is 76.1. The summed E-state index contributed by atoms with van der Waals surface area (Å²) in [6, 6.07) is 0.948. The second kappa shape index (κ2) is 8.08. The molecular weight excluding hydrogens is 458 g/mol. The highest BCUT2D eigenvalue weighted by molar-refractivity contribution is 7.89. The summed E-state index contributed by atoms with van der Waals surface area (Å²) in [4.78, 5) is 3.51. The van der Waals surface area contributed by atoms with Gasteiger partial charge in [-0.2, -0.15) is 27.7 Å². The predicted molar refractivity (Wildman–Crippen MR) is 113 cm³/mol. The Morgan fingerprint density at radius 2 is 1.82 bits per heavy atom. The molecule has 4 heterocycles. The Morgan fingerprint density at radius 3 is 2.42 bits per heavy atom. The molecule has 0 amide bonds. The number of rotatable bonds is 5. The van der Waals surface area contributed by atoms with Gasteiger partial charge in [-0.1, -0.05) is 0 Å². The maximum atomic E-state index is 13.7. The fourth-order valence-corrected chi connectivity index (χ4v) is 5.40. The SMILES string of the molecule is [B]C([B])([B])Oc1c(S(=O)(=O)N2CCC(c3cn4ncnc4cc3C(F)(F)F)CC2)cnn1C. The van der Waals surface area contributed by atoms with E-state index in [0.29, 0.717) is 0 Å². The van der Waals surface area contributed by atoms with E-state index in [-0.39, 0.29) is 47.9 Å². The number of hydrogen-bond acceptors (Lipinski definition) is 6. The Bertz CT molecular complexity index is 1280. The van der Waals surface area contributed by atoms with E-state index in [1.54, 1.807) is 0 Å². The molecule has 168 valence electrons. The lowest BCUT2D eigenvalue weighted by atomic mass is 9.52. The van der Waals surface area contributed by atoms with Gasteiger partial charge in [0.15, 0.2) is 10.5 Å². The maximum Gasteiger partial charge on any atom is 0.416 e. The van der Waals surface area contributed by atoms with Gasteiger partial charge in [-0.25, -0.2) is 22.6 Å². The quantitative estimate of drug-likeness (QED) is 0.502. The first-order valence-corrected chi connectivity index (χ1v) is 11.2. The molecule has 0 saturated carbocycles. The van der Waals surface area contributed by atoms with Gasteiger partial charge in [-0.3, -0.25) is 0 Å². The molecule has 0 aromatic carbocycles. The number of ether oxygens (including phenoxy) is 1. The molecule has 4 rings (SSSR count). The molecular formula is C17H16B3F3N6O3S. The van der Waals surface area contributed by atoms with Gasteiger partial charge in [0, 0.05) is 26.3 Å². The van der Waals surface area contributed by atoms with Gasteiger partial charge in [0.1, 0.15) is 29.9 Å². The third-order valence-electron chi connectivity index (χ3n) is 5.39. The van der Waals surface area contributed by atoms with Crippen LogP contribution in [-0.4, -0.2) is 79.0 Å². The zero-order valence-corrected chi connectivity index (χ0v) is 18.2. The smallest absolute Gasteiger partial charge is 0.416 e. The number of hydrogen-bond donors (Lipinski definition) is 0. The number of alkyl halides is 3. The second-order valence-corrected chi connectivity index (χ2v) is 9.68. The lowest BCUT2D eigenvalue weighted by Crippen LogP contribution is -2.40. The van der Waals surface area contributed by atoms with E-state index in [0.717, 1.165) is 21.3 Å². The third kappa shape index (κ3) is 4.63. The van der Waals surface area contributed by atoms with Crippen LogP contribution in [0.4, 0.5) is 13.2 Å². The van der Waals surface area contributed by atoms with Crippen LogP contribution >= 0.6 is 0 Å². The largest absolute Gasteiger partial charge is 0.500 e. The molecule has 3 aromatic rings. The minimum atomic E-state index is -4.59. The minimum absolute atomic E-state index is 0.0208. The van der Waals surface area contributed by atoms with Gasteiger partial charge >= 0.3 is 6.18 Å². The fourth-order valence-electron chi connectivity index (χ4n) is 3.86. The van der Waals surface area contributed by atoms with E-state index >= 15 is 0 Å². The van der Waals surface area contributed by atoms with Gasteiger partial charge in [-0.05, 0) is 35.7 Å². The van der Waals surface area contributed by atoms with Crippen LogP contribution in [0.1, 0.15) is 29.9 Å². The van der Waals surface area contributed by atoms with Crippen molar-refractivity contribution in [1.82, 2.24) is 28.7 Å². The van der Waals surface area contributed by atoms with E-state index in [1.165, 1.54) is 24.1 Å². The highest BCUT2D eigenvalue weighted by Crippen LogP contribution is 2.40. The molecule has 16 heteroatoms. The molecule has 1 saturated heterocycles. The van der Waals surface area contributed by atoms with E-state index in [1.807, 2.05) is 0 Å². The van der Waals surface area contributed by atoms with Crippen molar-refractivity contribution in [2.75, 3.05) is 13.1 Å². The van der Waals surface area contributed by atoms with E-state index < -0.39 is 33.0 Å². The van der Waals surface area contributed by atoms with Crippen molar-refractivity contribution in [1.29, 1.82) is 0 Å². The Kier molecular flexibility index (Phi) is 5.80. The summed E-state index contributed by atoms with van der Waals surface area (Å²) >= 11 is 0. The molecule has 6 radical (unpaired) electrons. The number of aromatic nitrogens is 5. The van der Waals surface area contributed by atoms with Crippen LogP contribution < -0.4 is 4.74 Å². The van der Waals surface area contributed by atoms with E-state index in [4.69, 9.17) is 28.3 Å². The van der Waals surface area contributed by atoms with Crippen molar-refractivity contribution in [3.63, 3.8) is 0 Å². The number of pyridine rings is 1. The number of aryl methyl sites for hydroxylation is 1. The number of piperidine rings is 1. The predicted octanol–water partition coefficient (Wildman–Crippen LogP) is 0.546. The molecule has 0 atom stereocenters. The summed E-state index contributed by atoms with van der Waals surface area (Å²) in [5, 5.41) is 5.64. The second-order valence-electron chi connectivity index (χ2n) is 7.77. The molecule has 33 heavy (non-hydrogen) atoms. The molecule has 0 aliphatic carbocycles. The highest BCUT2D eigenvalue weighted by atomic mass is 32.2. The van der Waals surface area contributed by atoms with Gasteiger partial charge in [0.05, 0.1) is 11.8 Å². The number of nitrogens with zero attached hydrogens (tertiary/aromatic N) is 6. The van der Waals surface area contributed by atoms with Crippen LogP contribution in [0, 0.1) is 0 Å². The lowest BCUT2D eigenvalue weighted by molar-refractivity contribution is -0.138. The average Bonchev–Trinajstić information content (AvgIpc) is 3.32. The molecule has 0 spiro atoms. The zero-order chi connectivity index (χ0) is 24.2. The molecule has 3 aromatic heterocycles. The Morgan fingerprint density at radius 1 is 1.15 bits per heavy atom. The fraction of sp³-hybridized carbons (Fsp3) is 0.471. The van der Waals surface area contributed by atoms with Crippen LogP contribution in [0.15, 0.2) is 29.7 Å². The lowest BCUT2D eigenvalue weighted by Gasteiger charge is -2.32. The molecule has 1 fully saturated rings. The summed E-state index contributed by atoms with van der Waals surface area (Å²) in [5.74, 6) is -0.781. The molecule has 9 nitrogen and oxygen atoms in total. The standard InChI is InChI=1S/C17H16B3F3N6O3S/c1-27-15(32-17(18,19)20)13(7-25-27)33(30,31)28-4-2-10(3-5-28)11-8-29-14(24-9-26-29)6-12(11)16(21,22)23/h6-10H,2-5H2,1H3. The molecule has 0 bridgehead atoms. The first kappa shape index (κ1) is 23.7. The van der Waals surface area contributed by atoms with Gasteiger partial charge in [-0.15, -0.1) is 0 Å². The summed E-state index contributed by atoms with van der Waals surface area (Å²) in [6.45, 7) is -0.0416. The first-order chi connectivity index (χ1) is 15.3. The van der Waals surface area contributed by atoms with E-state index in [9.17, 15) is 21.6 Å². The minimum Gasteiger partial charge on any atom is -0.500 e. The average molecular weight is 474 g/mol. The van der Waals surface area contributed by atoms with Crippen molar-refractivity contribution in [3.05, 3.63) is 35.9 Å². The van der Waals surface area contributed by atoms with Crippen molar-refractivity contribution in [3.8, 4) is 5.88 Å². The van der Waals surface area contributed by atoms with Crippen LogP contribution in [-0.2, 0) is 23.2 Å². The summed E-state index contributed by atoms with van der Waals surface area (Å²) in [7, 11) is 13.6. The van der Waals surface area contributed by atoms with Crippen molar-refractivity contribution < 1.29 is 26.3 Å². The Labute approximate surface area is 191 Å². The number of sulfonamides is 1. The molecule has 0 unspecified atom stereocenters. The Hall–Kier alpha value is -2.48. The van der Waals surface area contributed by atoms with Crippen molar-refractivity contribution in [2.24, 2.45) is 7.05 Å². The highest BCUT2D eigenvalue weighted by Gasteiger charge is 2.39. The maximum absolute atomic E-state index is 13.7. The Balaban J connectivity index is 1.59. The van der Waals surface area contributed by atoms with Crippen LogP contribution in [0.5, 0.6) is 5.88 Å². The van der Waals surface area contributed by atoms with Crippen molar-refractivity contribution in [2.45, 2.75) is 35.1 Å². The van der Waals surface area contributed by atoms with Gasteiger partial charge < -0.3 is 4.74 Å². The first-order valence-electron chi connectivity index (χ1n) is 9.75. The van der Waals surface area contributed by atoms with Crippen LogP contribution in [0.25, 0.3) is 5.65 Å².